The molecule has 1 amide bonds. The third-order valence-corrected chi connectivity index (χ3v) is 4.77. The van der Waals surface area contributed by atoms with Crippen molar-refractivity contribution >= 4 is 34.3 Å². The van der Waals surface area contributed by atoms with E-state index in [1.54, 1.807) is 49.6 Å². The molecule has 0 radical (unpaired) electrons. The molecule has 1 aromatic heterocycles. The number of benzene rings is 3. The van der Waals surface area contributed by atoms with Crippen molar-refractivity contribution in [2.24, 2.45) is 0 Å². The van der Waals surface area contributed by atoms with E-state index in [2.05, 4.69) is 10.3 Å². The third kappa shape index (κ3) is 4.39. The van der Waals surface area contributed by atoms with Gasteiger partial charge >= 0.3 is 0 Å². The second kappa shape index (κ2) is 8.47. The van der Waals surface area contributed by atoms with Crippen molar-refractivity contribution in [3.05, 3.63) is 71.2 Å². The first kappa shape index (κ1) is 19.8. The van der Waals surface area contributed by atoms with Crippen molar-refractivity contribution in [3.8, 4) is 23.0 Å². The van der Waals surface area contributed by atoms with E-state index in [-0.39, 0.29) is 12.5 Å². The molecule has 3 aromatic carbocycles. The summed E-state index contributed by atoms with van der Waals surface area (Å²) < 4.78 is 16.5. The van der Waals surface area contributed by atoms with Crippen LogP contribution in [0.15, 0.2) is 65.1 Å². The lowest BCUT2D eigenvalue weighted by Crippen LogP contribution is -2.20. The van der Waals surface area contributed by atoms with E-state index >= 15 is 0 Å². The molecule has 152 valence electrons. The fourth-order valence-corrected chi connectivity index (χ4v) is 3.09. The molecular formula is C23H19ClN2O4. The molecule has 0 spiro atoms. The van der Waals surface area contributed by atoms with Gasteiger partial charge in [-0.1, -0.05) is 17.7 Å². The standard InChI is InChI=1S/C23H19ClN2O4/c1-14-3-4-15(23-26-20-12-16(24)5-10-21(20)30-23)11-19(14)25-22(27)13-29-18-8-6-17(28-2)7-9-18/h3-12H,13H2,1-2H3,(H,25,27). The Bertz CT molecular complexity index is 1200. The van der Waals surface area contributed by atoms with Crippen molar-refractivity contribution in [2.45, 2.75) is 6.92 Å². The molecule has 1 N–H and O–H groups in total. The maximum atomic E-state index is 12.4. The van der Waals surface area contributed by atoms with Crippen LogP contribution < -0.4 is 14.8 Å². The summed E-state index contributed by atoms with van der Waals surface area (Å²) in [6.45, 7) is 1.80. The number of aromatic nitrogens is 1. The average Bonchev–Trinajstić information content (AvgIpc) is 3.17. The lowest BCUT2D eigenvalue weighted by molar-refractivity contribution is -0.118. The van der Waals surface area contributed by atoms with Crippen LogP contribution in [0, 0.1) is 6.92 Å². The molecule has 0 saturated carbocycles. The normalized spacial score (nSPS) is 10.8. The summed E-state index contributed by atoms with van der Waals surface area (Å²) in [6, 6.07) is 17.9. The fourth-order valence-electron chi connectivity index (χ4n) is 2.92. The van der Waals surface area contributed by atoms with E-state index in [9.17, 15) is 4.79 Å². The molecule has 0 atom stereocenters. The monoisotopic (exact) mass is 422 g/mol. The predicted octanol–water partition coefficient (Wildman–Crippen LogP) is 5.48. The molecule has 6 nitrogen and oxygen atoms in total. The molecule has 7 heteroatoms. The summed E-state index contributed by atoms with van der Waals surface area (Å²) in [5.74, 6) is 1.50. The molecule has 0 aliphatic rings. The number of hydrogen-bond donors (Lipinski definition) is 1. The van der Waals surface area contributed by atoms with Crippen LogP contribution in [0.2, 0.25) is 5.02 Å². The van der Waals surface area contributed by atoms with Gasteiger partial charge in [0.05, 0.1) is 7.11 Å². The van der Waals surface area contributed by atoms with Gasteiger partial charge in [0, 0.05) is 16.3 Å². The van der Waals surface area contributed by atoms with E-state index in [1.807, 2.05) is 25.1 Å². The van der Waals surface area contributed by atoms with Gasteiger partial charge in [0.15, 0.2) is 12.2 Å². The minimum Gasteiger partial charge on any atom is -0.497 e. The molecule has 0 saturated heterocycles. The van der Waals surface area contributed by atoms with Gasteiger partial charge in [-0.15, -0.1) is 0 Å². The number of hydrogen-bond acceptors (Lipinski definition) is 5. The maximum Gasteiger partial charge on any atom is 0.262 e. The Balaban J connectivity index is 1.47. The topological polar surface area (TPSA) is 73.6 Å². The highest BCUT2D eigenvalue weighted by molar-refractivity contribution is 6.31. The lowest BCUT2D eigenvalue weighted by Gasteiger charge is -2.11. The highest BCUT2D eigenvalue weighted by atomic mass is 35.5. The van der Waals surface area contributed by atoms with Crippen molar-refractivity contribution in [1.82, 2.24) is 4.98 Å². The Hall–Kier alpha value is -3.51. The predicted molar refractivity (Wildman–Crippen MR) is 116 cm³/mol. The van der Waals surface area contributed by atoms with Gasteiger partial charge < -0.3 is 19.2 Å². The van der Waals surface area contributed by atoms with E-state index in [1.165, 1.54) is 0 Å². The number of carbonyl (C=O) groups is 1. The second-order valence-corrected chi connectivity index (χ2v) is 7.11. The molecule has 0 aliphatic heterocycles. The molecule has 30 heavy (non-hydrogen) atoms. The maximum absolute atomic E-state index is 12.4. The molecular weight excluding hydrogens is 404 g/mol. The number of anilines is 1. The Labute approximate surface area is 178 Å². The van der Waals surface area contributed by atoms with Gasteiger partial charge in [-0.05, 0) is 67.1 Å². The Morgan fingerprint density at radius 2 is 1.83 bits per heavy atom. The van der Waals surface area contributed by atoms with Gasteiger partial charge in [-0.2, -0.15) is 0 Å². The number of amides is 1. The number of methoxy groups -OCH3 is 1. The van der Waals surface area contributed by atoms with Crippen LogP contribution in [0.3, 0.4) is 0 Å². The summed E-state index contributed by atoms with van der Waals surface area (Å²) in [4.78, 5) is 16.9. The third-order valence-electron chi connectivity index (χ3n) is 4.54. The van der Waals surface area contributed by atoms with Crippen molar-refractivity contribution in [2.75, 3.05) is 19.0 Å². The number of aryl methyl sites for hydroxylation is 1. The van der Waals surface area contributed by atoms with E-state index in [0.717, 1.165) is 16.9 Å². The van der Waals surface area contributed by atoms with Crippen molar-refractivity contribution in [3.63, 3.8) is 0 Å². The Kier molecular flexibility index (Phi) is 5.59. The van der Waals surface area contributed by atoms with Crippen LogP contribution in [-0.2, 0) is 4.79 Å². The van der Waals surface area contributed by atoms with Gasteiger partial charge in [-0.3, -0.25) is 4.79 Å². The summed E-state index contributed by atoms with van der Waals surface area (Å²) in [5.41, 5.74) is 3.65. The molecule has 1 heterocycles. The van der Waals surface area contributed by atoms with E-state index in [4.69, 9.17) is 25.5 Å². The largest absolute Gasteiger partial charge is 0.497 e. The molecule has 0 aliphatic carbocycles. The molecule has 0 bridgehead atoms. The highest BCUT2D eigenvalue weighted by Crippen LogP contribution is 2.29. The Morgan fingerprint density at radius 3 is 2.60 bits per heavy atom. The zero-order valence-corrected chi connectivity index (χ0v) is 17.2. The Morgan fingerprint density at radius 1 is 1.07 bits per heavy atom. The van der Waals surface area contributed by atoms with Gasteiger partial charge in [0.25, 0.3) is 5.91 Å². The quantitative estimate of drug-likeness (QED) is 0.445. The number of nitrogens with zero attached hydrogens (tertiary/aromatic N) is 1. The number of nitrogens with one attached hydrogen (secondary N) is 1. The average molecular weight is 423 g/mol. The second-order valence-electron chi connectivity index (χ2n) is 6.67. The minimum atomic E-state index is -0.268. The number of carbonyl (C=O) groups excluding carboxylic acids is 1. The molecule has 4 rings (SSSR count). The summed E-state index contributed by atoms with van der Waals surface area (Å²) in [6.07, 6.45) is 0. The zero-order chi connectivity index (χ0) is 21.1. The number of fused-ring (bicyclic) bond motifs is 1. The lowest BCUT2D eigenvalue weighted by atomic mass is 10.1. The SMILES string of the molecule is COc1ccc(OCC(=O)Nc2cc(-c3nc4cc(Cl)ccc4o3)ccc2C)cc1. The number of oxazole rings is 1. The van der Waals surface area contributed by atoms with Crippen LogP contribution >= 0.6 is 11.6 Å². The highest BCUT2D eigenvalue weighted by Gasteiger charge is 2.12. The number of halogens is 1. The number of ether oxygens (including phenoxy) is 2. The van der Waals surface area contributed by atoms with Crippen molar-refractivity contribution in [1.29, 1.82) is 0 Å². The fraction of sp³-hybridized carbons (Fsp3) is 0.130. The van der Waals surface area contributed by atoms with E-state index < -0.39 is 0 Å². The molecule has 4 aromatic rings. The number of rotatable bonds is 6. The molecule has 0 fully saturated rings. The van der Waals surface area contributed by atoms with Crippen LogP contribution in [0.1, 0.15) is 5.56 Å². The van der Waals surface area contributed by atoms with Crippen LogP contribution in [-0.4, -0.2) is 24.6 Å². The first-order valence-corrected chi connectivity index (χ1v) is 9.63. The van der Waals surface area contributed by atoms with Crippen LogP contribution in [0.25, 0.3) is 22.6 Å². The molecule has 0 unspecified atom stereocenters. The van der Waals surface area contributed by atoms with Gasteiger partial charge in [0.2, 0.25) is 5.89 Å². The van der Waals surface area contributed by atoms with Crippen LogP contribution in [0.5, 0.6) is 11.5 Å². The summed E-state index contributed by atoms with van der Waals surface area (Å²) in [5, 5.41) is 3.47. The first-order valence-electron chi connectivity index (χ1n) is 9.25. The minimum absolute atomic E-state index is 0.114. The summed E-state index contributed by atoms with van der Waals surface area (Å²) in [7, 11) is 1.59. The van der Waals surface area contributed by atoms with Crippen LogP contribution in [0.4, 0.5) is 5.69 Å². The summed E-state index contributed by atoms with van der Waals surface area (Å²) >= 11 is 6.02. The zero-order valence-electron chi connectivity index (χ0n) is 16.4. The first-order chi connectivity index (χ1) is 14.5. The van der Waals surface area contributed by atoms with Crippen molar-refractivity contribution < 1.29 is 18.7 Å². The van der Waals surface area contributed by atoms with Gasteiger partial charge in [0.1, 0.15) is 17.0 Å². The smallest absolute Gasteiger partial charge is 0.262 e. The van der Waals surface area contributed by atoms with E-state index in [0.29, 0.717) is 33.4 Å². The van der Waals surface area contributed by atoms with Gasteiger partial charge in [-0.25, -0.2) is 4.98 Å².